The van der Waals surface area contributed by atoms with E-state index < -0.39 is 0 Å². The Kier molecular flexibility index (Phi) is 2.52. The lowest BCUT2D eigenvalue weighted by Gasteiger charge is -2.14. The molecule has 0 heterocycles. The highest BCUT2D eigenvalue weighted by Gasteiger charge is 2.20. The first-order valence-electron chi connectivity index (χ1n) is 4.02. The average molecular weight is 128 g/mol. The molecule has 0 bridgehead atoms. The Bertz CT molecular complexity index is 74.6. The second-order valence-corrected chi connectivity index (χ2v) is 3.02. The SMILES string of the molecule is CCC(O)C1CCCC1. The average Bonchev–Trinajstić information content (AvgIpc) is 2.37. The second kappa shape index (κ2) is 3.21. The van der Waals surface area contributed by atoms with Gasteiger partial charge in [0, 0.05) is 0 Å². The zero-order chi connectivity index (χ0) is 6.69. The maximum Gasteiger partial charge on any atom is 0.0565 e. The third-order valence-corrected chi connectivity index (χ3v) is 2.36. The van der Waals surface area contributed by atoms with Gasteiger partial charge in [-0.15, -0.1) is 0 Å². The van der Waals surface area contributed by atoms with Crippen molar-refractivity contribution in [2.45, 2.75) is 45.1 Å². The topological polar surface area (TPSA) is 20.2 Å². The lowest BCUT2D eigenvalue weighted by atomic mass is 9.99. The fourth-order valence-corrected chi connectivity index (χ4v) is 1.68. The Labute approximate surface area is 57.1 Å². The molecule has 0 spiro atoms. The van der Waals surface area contributed by atoms with Crippen LogP contribution in [0.4, 0.5) is 0 Å². The normalized spacial score (nSPS) is 24.7. The van der Waals surface area contributed by atoms with Crippen LogP contribution in [-0.2, 0) is 0 Å². The van der Waals surface area contributed by atoms with E-state index in [-0.39, 0.29) is 6.10 Å². The molecule has 1 rings (SSSR count). The van der Waals surface area contributed by atoms with Crippen LogP contribution in [0.5, 0.6) is 0 Å². The van der Waals surface area contributed by atoms with Crippen molar-refractivity contribution >= 4 is 0 Å². The molecule has 1 nitrogen and oxygen atoms in total. The Balaban J connectivity index is 2.24. The highest BCUT2D eigenvalue weighted by Crippen LogP contribution is 2.28. The zero-order valence-corrected chi connectivity index (χ0v) is 6.14. The van der Waals surface area contributed by atoms with Crippen molar-refractivity contribution in [2.75, 3.05) is 0 Å². The summed E-state index contributed by atoms with van der Waals surface area (Å²) in [6.07, 6.45) is 6.12. The van der Waals surface area contributed by atoms with Crippen molar-refractivity contribution in [2.24, 2.45) is 5.92 Å². The molecule has 1 unspecified atom stereocenters. The van der Waals surface area contributed by atoms with E-state index in [0.717, 1.165) is 6.42 Å². The molecule has 1 aliphatic rings. The molecule has 54 valence electrons. The monoisotopic (exact) mass is 128 g/mol. The highest BCUT2D eigenvalue weighted by molar-refractivity contribution is 4.73. The van der Waals surface area contributed by atoms with Gasteiger partial charge in [-0.1, -0.05) is 19.8 Å². The molecule has 1 atom stereocenters. The summed E-state index contributed by atoms with van der Waals surface area (Å²) in [7, 11) is 0. The van der Waals surface area contributed by atoms with Crippen molar-refractivity contribution in [3.05, 3.63) is 0 Å². The molecule has 1 heteroatoms. The van der Waals surface area contributed by atoms with Gasteiger partial charge in [0.05, 0.1) is 6.10 Å². The van der Waals surface area contributed by atoms with Gasteiger partial charge in [0.15, 0.2) is 0 Å². The van der Waals surface area contributed by atoms with Gasteiger partial charge in [0.1, 0.15) is 0 Å². The summed E-state index contributed by atoms with van der Waals surface area (Å²) >= 11 is 0. The first-order valence-corrected chi connectivity index (χ1v) is 4.02. The maximum absolute atomic E-state index is 9.36. The van der Waals surface area contributed by atoms with Crippen molar-refractivity contribution in [1.29, 1.82) is 0 Å². The van der Waals surface area contributed by atoms with Crippen LogP contribution in [0, 0.1) is 5.92 Å². The standard InChI is InChI=1S/C8H16O/c1-2-8(9)7-5-3-4-6-7/h7-9H,2-6H2,1H3. The minimum absolute atomic E-state index is 0.00694. The zero-order valence-electron chi connectivity index (χ0n) is 6.14. The maximum atomic E-state index is 9.36. The van der Waals surface area contributed by atoms with Gasteiger partial charge in [0.2, 0.25) is 0 Å². The van der Waals surface area contributed by atoms with Crippen LogP contribution in [0.15, 0.2) is 0 Å². The molecule has 0 aliphatic heterocycles. The van der Waals surface area contributed by atoms with Gasteiger partial charge in [0.25, 0.3) is 0 Å². The van der Waals surface area contributed by atoms with Gasteiger partial charge in [-0.3, -0.25) is 0 Å². The predicted molar refractivity (Wildman–Crippen MR) is 38.3 cm³/mol. The van der Waals surface area contributed by atoms with E-state index in [4.69, 9.17) is 0 Å². The van der Waals surface area contributed by atoms with Crippen LogP contribution < -0.4 is 0 Å². The molecule has 0 saturated heterocycles. The van der Waals surface area contributed by atoms with Crippen molar-refractivity contribution in [3.8, 4) is 0 Å². The summed E-state index contributed by atoms with van der Waals surface area (Å²) in [5.41, 5.74) is 0. The third-order valence-electron chi connectivity index (χ3n) is 2.36. The van der Waals surface area contributed by atoms with Gasteiger partial charge in [-0.05, 0) is 25.2 Å². The molecule has 0 aromatic rings. The fourth-order valence-electron chi connectivity index (χ4n) is 1.68. The first-order chi connectivity index (χ1) is 4.34. The Morgan fingerprint density at radius 1 is 1.44 bits per heavy atom. The molecule has 0 amide bonds. The van der Waals surface area contributed by atoms with Gasteiger partial charge < -0.3 is 5.11 Å². The van der Waals surface area contributed by atoms with E-state index in [1.807, 2.05) is 0 Å². The molecular formula is C8H16O. The molecule has 1 N–H and O–H groups in total. The van der Waals surface area contributed by atoms with E-state index in [1.165, 1.54) is 25.7 Å². The van der Waals surface area contributed by atoms with E-state index in [0.29, 0.717) is 5.92 Å². The van der Waals surface area contributed by atoms with Crippen molar-refractivity contribution in [1.82, 2.24) is 0 Å². The largest absolute Gasteiger partial charge is 0.393 e. The molecule has 1 aliphatic carbocycles. The predicted octanol–water partition coefficient (Wildman–Crippen LogP) is 1.95. The minimum atomic E-state index is -0.00694. The smallest absolute Gasteiger partial charge is 0.0565 e. The van der Waals surface area contributed by atoms with E-state index >= 15 is 0 Å². The first kappa shape index (κ1) is 7.07. The molecule has 9 heavy (non-hydrogen) atoms. The van der Waals surface area contributed by atoms with Crippen LogP contribution in [0.3, 0.4) is 0 Å². The summed E-state index contributed by atoms with van der Waals surface area (Å²) in [4.78, 5) is 0. The van der Waals surface area contributed by atoms with E-state index in [2.05, 4.69) is 6.92 Å². The second-order valence-electron chi connectivity index (χ2n) is 3.02. The number of hydrogen-bond donors (Lipinski definition) is 1. The summed E-state index contributed by atoms with van der Waals surface area (Å²) in [6.45, 7) is 2.06. The van der Waals surface area contributed by atoms with Gasteiger partial charge in [-0.25, -0.2) is 0 Å². The van der Waals surface area contributed by atoms with Crippen LogP contribution in [0.25, 0.3) is 0 Å². The van der Waals surface area contributed by atoms with Crippen molar-refractivity contribution < 1.29 is 5.11 Å². The van der Waals surface area contributed by atoms with Crippen LogP contribution in [-0.4, -0.2) is 11.2 Å². The summed E-state index contributed by atoms with van der Waals surface area (Å²) in [5.74, 6) is 0.634. The molecule has 0 radical (unpaired) electrons. The quantitative estimate of drug-likeness (QED) is 0.602. The number of hydrogen-bond acceptors (Lipinski definition) is 1. The molecule has 1 fully saturated rings. The van der Waals surface area contributed by atoms with E-state index in [9.17, 15) is 5.11 Å². The molecule has 0 aromatic heterocycles. The minimum Gasteiger partial charge on any atom is -0.393 e. The van der Waals surface area contributed by atoms with Gasteiger partial charge in [-0.2, -0.15) is 0 Å². The number of aliphatic hydroxyl groups is 1. The molecule has 1 saturated carbocycles. The van der Waals surface area contributed by atoms with Crippen LogP contribution in [0.1, 0.15) is 39.0 Å². The molecule has 0 aromatic carbocycles. The van der Waals surface area contributed by atoms with E-state index in [1.54, 1.807) is 0 Å². The highest BCUT2D eigenvalue weighted by atomic mass is 16.3. The summed E-state index contributed by atoms with van der Waals surface area (Å²) < 4.78 is 0. The summed E-state index contributed by atoms with van der Waals surface area (Å²) in [6, 6.07) is 0. The van der Waals surface area contributed by atoms with Crippen LogP contribution in [0.2, 0.25) is 0 Å². The lowest BCUT2D eigenvalue weighted by molar-refractivity contribution is 0.107. The lowest BCUT2D eigenvalue weighted by Crippen LogP contribution is -2.15. The number of aliphatic hydroxyl groups excluding tert-OH is 1. The molecular weight excluding hydrogens is 112 g/mol. The van der Waals surface area contributed by atoms with Gasteiger partial charge >= 0.3 is 0 Å². The number of rotatable bonds is 2. The Morgan fingerprint density at radius 2 is 2.00 bits per heavy atom. The van der Waals surface area contributed by atoms with Crippen LogP contribution >= 0.6 is 0 Å². The fraction of sp³-hybridized carbons (Fsp3) is 1.00. The third kappa shape index (κ3) is 1.68. The Hall–Kier alpha value is -0.0400. The summed E-state index contributed by atoms with van der Waals surface area (Å²) in [5, 5.41) is 9.36. The Morgan fingerprint density at radius 3 is 2.44 bits per heavy atom. The van der Waals surface area contributed by atoms with Crippen molar-refractivity contribution in [3.63, 3.8) is 0 Å².